The fourth-order valence-corrected chi connectivity index (χ4v) is 4.61. The number of aromatic nitrogens is 4. The molecule has 0 aliphatic heterocycles. The van der Waals surface area contributed by atoms with Gasteiger partial charge in [-0.25, -0.2) is 4.52 Å². The lowest BCUT2D eigenvalue weighted by molar-refractivity contribution is 0.0930. The van der Waals surface area contributed by atoms with Crippen LogP contribution in [0.15, 0.2) is 41.5 Å². The van der Waals surface area contributed by atoms with E-state index in [4.69, 9.17) is 0 Å². The number of nitrogens with one attached hydrogen (secondary N) is 2. The highest BCUT2D eigenvalue weighted by Gasteiger charge is 2.27. The SMILES string of the molecule is Cc1cccc2ncc(-c3cn4nc(C(=O)NC(C)CC5CC5)c(C(C)C)c4c(=O)[nH]3)cc12. The summed E-state index contributed by atoms with van der Waals surface area (Å²) in [5.74, 6) is 0.467. The van der Waals surface area contributed by atoms with Crippen molar-refractivity contribution in [2.24, 2.45) is 5.92 Å². The summed E-state index contributed by atoms with van der Waals surface area (Å²) in [5.41, 5.74) is 4.57. The van der Waals surface area contributed by atoms with Crippen LogP contribution in [0.25, 0.3) is 27.7 Å². The maximum absolute atomic E-state index is 13.2. The smallest absolute Gasteiger partial charge is 0.274 e. The Kier molecular flexibility index (Phi) is 5.27. The first-order chi connectivity index (χ1) is 15.8. The van der Waals surface area contributed by atoms with E-state index in [2.05, 4.69) is 20.4 Å². The molecule has 1 aromatic carbocycles. The van der Waals surface area contributed by atoms with Gasteiger partial charge in [-0.05, 0) is 49.8 Å². The van der Waals surface area contributed by atoms with E-state index in [-0.39, 0.29) is 23.4 Å². The molecule has 1 aliphatic rings. The van der Waals surface area contributed by atoms with Crippen molar-refractivity contribution in [3.63, 3.8) is 0 Å². The molecule has 1 atom stereocenters. The lowest BCUT2D eigenvalue weighted by atomic mass is 10.0. The molecule has 170 valence electrons. The van der Waals surface area contributed by atoms with Crippen LogP contribution in [0.5, 0.6) is 0 Å². The molecule has 0 radical (unpaired) electrons. The number of fused-ring (bicyclic) bond motifs is 2. The molecule has 2 N–H and O–H groups in total. The van der Waals surface area contributed by atoms with Gasteiger partial charge < -0.3 is 10.3 Å². The summed E-state index contributed by atoms with van der Waals surface area (Å²) in [7, 11) is 0. The Morgan fingerprint density at radius 1 is 1.27 bits per heavy atom. The van der Waals surface area contributed by atoms with E-state index in [9.17, 15) is 9.59 Å². The van der Waals surface area contributed by atoms with E-state index in [1.165, 1.54) is 12.8 Å². The number of carbonyl (C=O) groups excluding carboxylic acids is 1. The number of amides is 1. The maximum atomic E-state index is 13.2. The number of carbonyl (C=O) groups is 1. The maximum Gasteiger partial charge on any atom is 0.274 e. The third-order valence-electron chi connectivity index (χ3n) is 6.47. The van der Waals surface area contributed by atoms with Crippen molar-refractivity contribution in [3.8, 4) is 11.3 Å². The van der Waals surface area contributed by atoms with Crippen molar-refractivity contribution in [2.45, 2.75) is 58.9 Å². The number of aryl methyl sites for hydroxylation is 1. The largest absolute Gasteiger partial charge is 0.348 e. The molecule has 1 aliphatic carbocycles. The number of nitrogens with zero attached hydrogens (tertiary/aromatic N) is 3. The Morgan fingerprint density at radius 2 is 2.06 bits per heavy atom. The van der Waals surface area contributed by atoms with Crippen LogP contribution in [0.2, 0.25) is 0 Å². The van der Waals surface area contributed by atoms with Gasteiger partial charge in [0.05, 0.1) is 17.4 Å². The van der Waals surface area contributed by atoms with Crippen LogP contribution in [-0.4, -0.2) is 31.5 Å². The van der Waals surface area contributed by atoms with E-state index >= 15 is 0 Å². The van der Waals surface area contributed by atoms with Crippen molar-refractivity contribution in [2.75, 3.05) is 0 Å². The van der Waals surface area contributed by atoms with Gasteiger partial charge in [0, 0.05) is 28.8 Å². The number of rotatable bonds is 6. The second kappa shape index (κ2) is 8.14. The molecule has 4 aromatic rings. The Hall–Kier alpha value is -3.48. The summed E-state index contributed by atoms with van der Waals surface area (Å²) in [6.45, 7) is 8.02. The number of benzene rings is 1. The van der Waals surface area contributed by atoms with E-state index in [1.807, 2.05) is 52.0 Å². The first kappa shape index (κ1) is 21.4. The van der Waals surface area contributed by atoms with Gasteiger partial charge in [-0.15, -0.1) is 0 Å². The van der Waals surface area contributed by atoms with Crippen molar-refractivity contribution in [1.29, 1.82) is 0 Å². The Balaban J connectivity index is 1.58. The first-order valence-corrected chi connectivity index (χ1v) is 11.6. The number of aromatic amines is 1. The van der Waals surface area contributed by atoms with E-state index in [0.29, 0.717) is 22.5 Å². The van der Waals surface area contributed by atoms with Crippen LogP contribution in [0, 0.1) is 12.8 Å². The molecule has 33 heavy (non-hydrogen) atoms. The number of H-pyrrole nitrogens is 1. The van der Waals surface area contributed by atoms with Crippen LogP contribution in [0.4, 0.5) is 0 Å². The minimum atomic E-state index is -0.265. The summed E-state index contributed by atoms with van der Waals surface area (Å²) in [4.78, 5) is 33.8. The number of hydrogen-bond acceptors (Lipinski definition) is 4. The molecule has 0 bridgehead atoms. The minimum Gasteiger partial charge on any atom is -0.348 e. The Labute approximate surface area is 192 Å². The van der Waals surface area contributed by atoms with Gasteiger partial charge in [0.25, 0.3) is 11.5 Å². The van der Waals surface area contributed by atoms with Crippen molar-refractivity contribution >= 4 is 22.3 Å². The molecule has 7 nitrogen and oxygen atoms in total. The minimum absolute atomic E-state index is 0.0288. The van der Waals surface area contributed by atoms with Gasteiger partial charge in [0.2, 0.25) is 0 Å². The molecule has 1 saturated carbocycles. The van der Waals surface area contributed by atoms with Gasteiger partial charge in [-0.1, -0.05) is 38.8 Å². The second-order valence-corrected chi connectivity index (χ2v) is 9.63. The molecule has 1 amide bonds. The lowest BCUT2D eigenvalue weighted by Gasteiger charge is -2.13. The van der Waals surface area contributed by atoms with E-state index in [1.54, 1.807) is 16.9 Å². The second-order valence-electron chi connectivity index (χ2n) is 9.63. The molecular formula is C26H29N5O2. The molecule has 1 unspecified atom stereocenters. The molecule has 3 heterocycles. The zero-order chi connectivity index (χ0) is 23.3. The van der Waals surface area contributed by atoms with Gasteiger partial charge >= 0.3 is 0 Å². The Bertz CT molecular complexity index is 1430. The molecule has 7 heteroatoms. The normalized spacial score (nSPS) is 14.8. The van der Waals surface area contributed by atoms with Crippen LogP contribution >= 0.6 is 0 Å². The topological polar surface area (TPSA) is 92.2 Å². The van der Waals surface area contributed by atoms with Crippen molar-refractivity contribution < 1.29 is 4.79 Å². The Morgan fingerprint density at radius 3 is 2.79 bits per heavy atom. The van der Waals surface area contributed by atoms with Gasteiger partial charge in [0.1, 0.15) is 5.52 Å². The van der Waals surface area contributed by atoms with E-state index < -0.39 is 0 Å². The van der Waals surface area contributed by atoms with Crippen molar-refractivity contribution in [1.82, 2.24) is 24.9 Å². The summed E-state index contributed by atoms with van der Waals surface area (Å²) >= 11 is 0. The third-order valence-corrected chi connectivity index (χ3v) is 6.47. The average Bonchev–Trinajstić information content (AvgIpc) is 3.48. The van der Waals surface area contributed by atoms with Crippen LogP contribution in [-0.2, 0) is 0 Å². The van der Waals surface area contributed by atoms with Crippen LogP contribution < -0.4 is 10.9 Å². The fourth-order valence-electron chi connectivity index (χ4n) is 4.61. The highest BCUT2D eigenvalue weighted by Crippen LogP contribution is 2.33. The molecule has 5 rings (SSSR count). The average molecular weight is 444 g/mol. The standard InChI is InChI=1S/C26H29N5O2/c1-14(2)22-23(25(32)28-16(4)10-17-8-9-17)30-31-13-21(29-26(33)24(22)31)18-11-19-15(3)6-5-7-20(19)27-12-18/h5-7,11-14,16-17H,8-10H2,1-4H3,(H,28,32)(H,29,33). The molecule has 0 saturated heterocycles. The van der Waals surface area contributed by atoms with Gasteiger partial charge in [-0.2, -0.15) is 5.10 Å². The molecule has 3 aromatic heterocycles. The highest BCUT2D eigenvalue weighted by atomic mass is 16.2. The monoisotopic (exact) mass is 443 g/mol. The van der Waals surface area contributed by atoms with Gasteiger partial charge in [0.15, 0.2) is 5.69 Å². The van der Waals surface area contributed by atoms with E-state index in [0.717, 1.165) is 34.4 Å². The molecule has 0 spiro atoms. The summed E-state index contributed by atoms with van der Waals surface area (Å²) in [6, 6.07) is 8.09. The predicted octanol–water partition coefficient (Wildman–Crippen LogP) is 4.59. The quantitative estimate of drug-likeness (QED) is 0.456. The van der Waals surface area contributed by atoms with Gasteiger partial charge in [-0.3, -0.25) is 14.6 Å². The zero-order valence-corrected chi connectivity index (χ0v) is 19.5. The fraction of sp³-hybridized carbons (Fsp3) is 0.385. The first-order valence-electron chi connectivity index (χ1n) is 11.6. The number of pyridine rings is 1. The predicted molar refractivity (Wildman–Crippen MR) is 130 cm³/mol. The van der Waals surface area contributed by atoms with Crippen LogP contribution in [0.3, 0.4) is 0 Å². The zero-order valence-electron chi connectivity index (χ0n) is 19.5. The third kappa shape index (κ3) is 4.03. The van der Waals surface area contributed by atoms with Crippen molar-refractivity contribution in [3.05, 3.63) is 63.8 Å². The summed E-state index contributed by atoms with van der Waals surface area (Å²) < 4.78 is 1.55. The summed E-state index contributed by atoms with van der Waals surface area (Å²) in [6.07, 6.45) is 6.99. The highest BCUT2D eigenvalue weighted by molar-refractivity contribution is 5.96. The summed E-state index contributed by atoms with van der Waals surface area (Å²) in [5, 5.41) is 8.68. The number of hydrogen-bond donors (Lipinski definition) is 2. The molecule has 1 fully saturated rings. The molecular weight excluding hydrogens is 414 g/mol. The lowest BCUT2D eigenvalue weighted by Crippen LogP contribution is -2.33. The van der Waals surface area contributed by atoms with Crippen LogP contribution in [0.1, 0.15) is 67.6 Å².